The molecule has 3 N–H and O–H groups in total. The first-order valence-corrected chi connectivity index (χ1v) is 17.1. The van der Waals surface area contributed by atoms with Gasteiger partial charge in [-0.2, -0.15) is 0 Å². The topological polar surface area (TPSA) is 110 Å². The largest absolute Gasteiger partial charge is 0.493 e. The molecule has 0 saturated carbocycles. The van der Waals surface area contributed by atoms with Crippen LogP contribution in [0.15, 0.2) is 98.7 Å². The fourth-order valence-electron chi connectivity index (χ4n) is 4.72. The lowest BCUT2D eigenvalue weighted by Gasteiger charge is -2.11. The lowest BCUT2D eigenvalue weighted by molar-refractivity contribution is -0.106. The molecule has 4 aromatic carbocycles. The van der Waals surface area contributed by atoms with E-state index in [9.17, 15) is 19.5 Å². The molecule has 0 unspecified atom stereocenters. The Kier molecular flexibility index (Phi) is 14.0. The van der Waals surface area contributed by atoms with E-state index >= 15 is 0 Å². The Morgan fingerprint density at radius 3 is 1.72 bits per heavy atom. The summed E-state index contributed by atoms with van der Waals surface area (Å²) in [6, 6.07) is 26.4. The fraction of sp³-hybridized carbons (Fsp3) is 0.111. The van der Waals surface area contributed by atoms with Crippen LogP contribution in [0, 0.1) is 27.7 Å². The summed E-state index contributed by atoms with van der Waals surface area (Å²) >= 11 is 17.9. The van der Waals surface area contributed by atoms with Crippen LogP contribution in [0.1, 0.15) is 33.4 Å². The van der Waals surface area contributed by atoms with Gasteiger partial charge in [-0.1, -0.05) is 116 Å². The first-order valence-electron chi connectivity index (χ1n) is 13.9. The lowest BCUT2D eigenvalue weighted by Crippen LogP contribution is -2.08. The molecule has 47 heavy (non-hydrogen) atoms. The van der Waals surface area contributed by atoms with Gasteiger partial charge in [0.05, 0.1) is 0 Å². The first kappa shape index (κ1) is 37.7. The molecule has 0 aliphatic carbocycles. The van der Waals surface area contributed by atoms with Gasteiger partial charge in [0.25, 0.3) is 5.24 Å². The molecular weight excluding hydrogens is 784 g/mol. The van der Waals surface area contributed by atoms with E-state index in [1.165, 1.54) is 0 Å². The Morgan fingerprint density at radius 2 is 1.32 bits per heavy atom. The molecule has 6 nitrogen and oxygen atoms in total. The van der Waals surface area contributed by atoms with E-state index < -0.39 is 5.24 Å². The Bertz CT molecular complexity index is 2000. The van der Waals surface area contributed by atoms with Crippen LogP contribution < -0.4 is 10.5 Å². The standard InChI is InChI=1S/C18H14BrNO2S.C11H8BrClO2.C7H7NS/c1-10-8-13(19)9-11(2)14(10)15-16(21)20-17(23-18(15)22)12-6-4-3-5-7-12;1-6-3-8(12)4-7(2)10(6)9(5-14)11(13)15;8-7(9)6-4-2-1-3-5-6/h3-9,21H,1-2H3;3-4H,1-2H3;1-5H,(H2,8,9). The van der Waals surface area contributed by atoms with Gasteiger partial charge in [0, 0.05) is 25.6 Å². The lowest BCUT2D eigenvalue weighted by atomic mass is 9.97. The third kappa shape index (κ3) is 10.1. The van der Waals surface area contributed by atoms with Crippen molar-refractivity contribution < 1.29 is 14.7 Å². The maximum Gasteiger partial charge on any atom is 0.264 e. The van der Waals surface area contributed by atoms with Gasteiger partial charge in [0.2, 0.25) is 10.6 Å². The van der Waals surface area contributed by atoms with E-state index in [0.717, 1.165) is 59.2 Å². The van der Waals surface area contributed by atoms with E-state index in [1.807, 2.05) is 113 Å². The summed E-state index contributed by atoms with van der Waals surface area (Å²) in [5.41, 5.74) is 12.0. The fourth-order valence-corrected chi connectivity index (χ4v) is 7.22. The van der Waals surface area contributed by atoms with Gasteiger partial charge in [-0.05, 0) is 91.4 Å². The summed E-state index contributed by atoms with van der Waals surface area (Å²) in [5.74, 6) is 1.37. The molecule has 1 aromatic heterocycles. The van der Waals surface area contributed by atoms with Crippen LogP contribution in [-0.4, -0.2) is 26.3 Å². The molecular formula is C36H29Br2ClN2O4S2. The van der Waals surface area contributed by atoms with Crippen molar-refractivity contribution in [2.45, 2.75) is 27.7 Å². The number of hydrogen-bond donors (Lipinski definition) is 2. The van der Waals surface area contributed by atoms with E-state index in [0.29, 0.717) is 15.6 Å². The highest BCUT2D eigenvalue weighted by molar-refractivity contribution is 9.10. The molecule has 0 atom stereocenters. The summed E-state index contributed by atoms with van der Waals surface area (Å²) in [7, 11) is 0. The Balaban J connectivity index is 0.000000214. The Hall–Kier alpha value is -3.76. The van der Waals surface area contributed by atoms with Crippen molar-refractivity contribution in [3.63, 3.8) is 0 Å². The van der Waals surface area contributed by atoms with Crippen LogP contribution in [0.2, 0.25) is 0 Å². The molecule has 0 amide bonds. The second-order valence-corrected chi connectivity index (χ2v) is 13.8. The molecule has 5 aromatic rings. The zero-order valence-corrected chi connectivity index (χ0v) is 31.3. The van der Waals surface area contributed by atoms with E-state index in [1.54, 1.807) is 5.94 Å². The third-order valence-corrected chi connectivity index (χ3v) is 8.95. The predicted molar refractivity (Wildman–Crippen MR) is 204 cm³/mol. The number of carbonyl (C=O) groups is 1. The minimum absolute atomic E-state index is 0.112. The average molecular weight is 813 g/mol. The van der Waals surface area contributed by atoms with E-state index in [2.05, 4.69) is 36.8 Å². The van der Waals surface area contributed by atoms with Gasteiger partial charge in [0.15, 0.2) is 0 Å². The van der Waals surface area contributed by atoms with Gasteiger partial charge >= 0.3 is 0 Å². The second kappa shape index (κ2) is 17.4. The van der Waals surface area contributed by atoms with Crippen molar-refractivity contribution in [1.82, 2.24) is 4.98 Å². The molecule has 0 radical (unpaired) electrons. The number of aromatic nitrogens is 1. The summed E-state index contributed by atoms with van der Waals surface area (Å²) in [5, 5.41) is 10.1. The van der Waals surface area contributed by atoms with Crippen LogP contribution in [0.5, 0.6) is 5.88 Å². The number of allylic oxidation sites excluding steroid dienone is 1. The number of carbonyl (C=O) groups excluding carboxylic acids is 2. The molecule has 11 heteroatoms. The van der Waals surface area contributed by atoms with Crippen molar-refractivity contribution >= 4 is 88.8 Å². The summed E-state index contributed by atoms with van der Waals surface area (Å²) < 4.78 is 1.65. The van der Waals surface area contributed by atoms with Crippen molar-refractivity contribution in [1.29, 1.82) is 0 Å². The molecule has 0 bridgehead atoms. The van der Waals surface area contributed by atoms with Gasteiger partial charge in [-0.3, -0.25) is 9.59 Å². The SMILES string of the molecule is Cc1cc(Br)cc(C)c1-c1c(O)nc(-c2ccccc2)sc1=O.Cc1cc(Br)cc(C)c1C(=C=O)C(=O)Cl.NC(=S)c1ccccc1. The van der Waals surface area contributed by atoms with Crippen molar-refractivity contribution in [2.24, 2.45) is 5.73 Å². The van der Waals surface area contributed by atoms with E-state index in [4.69, 9.17) is 29.6 Å². The number of halogens is 3. The monoisotopic (exact) mass is 810 g/mol. The average Bonchev–Trinajstić information content (AvgIpc) is 3.01. The Labute approximate surface area is 304 Å². The minimum Gasteiger partial charge on any atom is -0.493 e. The number of aryl methyl sites for hydroxylation is 4. The van der Waals surface area contributed by atoms with Crippen LogP contribution >= 0.6 is 67.0 Å². The molecule has 0 aliphatic rings. The number of benzene rings is 4. The predicted octanol–water partition coefficient (Wildman–Crippen LogP) is 9.29. The first-order chi connectivity index (χ1) is 22.2. The van der Waals surface area contributed by atoms with Gasteiger partial charge in [-0.25, -0.2) is 9.78 Å². The molecule has 5 rings (SSSR count). The summed E-state index contributed by atoms with van der Waals surface area (Å²) in [4.78, 5) is 39.0. The van der Waals surface area contributed by atoms with Crippen LogP contribution in [0.25, 0.3) is 27.3 Å². The number of hydrogen-bond acceptors (Lipinski definition) is 7. The molecule has 1 heterocycles. The van der Waals surface area contributed by atoms with Crippen molar-refractivity contribution in [3.8, 4) is 27.6 Å². The minimum atomic E-state index is -0.779. The number of thiocarbonyl (C=S) groups is 1. The smallest absolute Gasteiger partial charge is 0.264 e. The molecule has 0 fully saturated rings. The van der Waals surface area contributed by atoms with Gasteiger partial charge < -0.3 is 10.8 Å². The molecule has 240 valence electrons. The van der Waals surface area contributed by atoms with Gasteiger partial charge in [-0.15, -0.1) is 0 Å². The summed E-state index contributed by atoms with van der Waals surface area (Å²) in [6.07, 6.45) is 0. The number of nitrogens with zero attached hydrogens (tertiary/aromatic N) is 1. The number of rotatable bonds is 5. The highest BCUT2D eigenvalue weighted by atomic mass is 79.9. The maximum atomic E-state index is 12.6. The van der Waals surface area contributed by atoms with Crippen molar-refractivity contribution in [3.05, 3.63) is 137 Å². The molecule has 0 saturated heterocycles. The summed E-state index contributed by atoms with van der Waals surface area (Å²) in [6.45, 7) is 7.46. The van der Waals surface area contributed by atoms with Crippen LogP contribution in [0.3, 0.4) is 0 Å². The van der Waals surface area contributed by atoms with E-state index in [-0.39, 0.29) is 21.8 Å². The number of aromatic hydroxyl groups is 1. The normalized spacial score (nSPS) is 10.0. The second-order valence-electron chi connectivity index (χ2n) is 10.2. The third-order valence-electron chi connectivity index (χ3n) is 6.70. The molecule has 0 aliphatic heterocycles. The zero-order valence-electron chi connectivity index (χ0n) is 25.7. The highest BCUT2D eigenvalue weighted by Crippen LogP contribution is 2.35. The Morgan fingerprint density at radius 1 is 0.851 bits per heavy atom. The number of nitrogens with two attached hydrogens (primary N) is 1. The van der Waals surface area contributed by atoms with Crippen molar-refractivity contribution in [2.75, 3.05) is 0 Å². The highest BCUT2D eigenvalue weighted by Gasteiger charge is 2.19. The molecule has 0 spiro atoms. The van der Waals surface area contributed by atoms with Gasteiger partial charge in [0.1, 0.15) is 27.1 Å². The quantitative estimate of drug-likeness (QED) is 0.0788. The van der Waals surface area contributed by atoms with Crippen LogP contribution in [0.4, 0.5) is 0 Å². The zero-order chi connectivity index (χ0) is 34.8. The van der Waals surface area contributed by atoms with Crippen LogP contribution in [-0.2, 0) is 9.59 Å². The maximum absolute atomic E-state index is 12.6.